The van der Waals surface area contributed by atoms with Crippen LogP contribution in [0.25, 0.3) is 0 Å². The SMILES string of the molecule is CCN1C(=S)N[C@H](c2ccccn2)[C@@H]1c1cc(C)n(Cc2ccccc2)c1C. The summed E-state index contributed by atoms with van der Waals surface area (Å²) < 4.78 is 2.40. The average Bonchev–Trinajstić information content (AvgIpc) is 3.20. The van der Waals surface area contributed by atoms with Crippen LogP contribution in [-0.4, -0.2) is 26.1 Å². The third-order valence-corrected chi connectivity index (χ3v) is 6.01. The minimum atomic E-state index is 0.0549. The molecule has 1 aromatic carbocycles. The number of nitrogens with zero attached hydrogens (tertiary/aromatic N) is 3. The van der Waals surface area contributed by atoms with Crippen molar-refractivity contribution in [3.8, 4) is 0 Å². The molecule has 3 aromatic rings. The van der Waals surface area contributed by atoms with Gasteiger partial charge >= 0.3 is 0 Å². The Kier molecular flexibility index (Phi) is 5.18. The number of nitrogens with one attached hydrogen (secondary N) is 1. The lowest BCUT2D eigenvalue weighted by Crippen LogP contribution is -2.29. The zero-order valence-electron chi connectivity index (χ0n) is 16.6. The number of likely N-dealkylation sites (N-methyl/N-ethyl adjacent to an activating group) is 1. The number of rotatable bonds is 5. The van der Waals surface area contributed by atoms with E-state index >= 15 is 0 Å². The van der Waals surface area contributed by atoms with Crippen molar-refractivity contribution in [1.82, 2.24) is 19.8 Å². The van der Waals surface area contributed by atoms with Crippen molar-refractivity contribution in [2.45, 2.75) is 39.4 Å². The lowest BCUT2D eigenvalue weighted by molar-refractivity contribution is 0.329. The Labute approximate surface area is 172 Å². The highest BCUT2D eigenvalue weighted by atomic mass is 32.1. The largest absolute Gasteiger partial charge is 0.352 e. The first-order valence-electron chi connectivity index (χ1n) is 9.78. The molecule has 0 unspecified atom stereocenters. The number of hydrogen-bond donors (Lipinski definition) is 1. The molecule has 4 rings (SSSR count). The number of aromatic nitrogens is 2. The molecule has 4 nitrogen and oxygen atoms in total. The molecule has 0 bridgehead atoms. The van der Waals surface area contributed by atoms with Gasteiger partial charge in [0.1, 0.15) is 0 Å². The molecule has 3 heterocycles. The molecule has 2 atom stereocenters. The minimum Gasteiger partial charge on any atom is -0.352 e. The van der Waals surface area contributed by atoms with Gasteiger partial charge in [-0.05, 0) is 62.3 Å². The number of benzene rings is 1. The summed E-state index contributed by atoms with van der Waals surface area (Å²) in [7, 11) is 0. The zero-order valence-corrected chi connectivity index (χ0v) is 17.4. The maximum absolute atomic E-state index is 5.66. The third-order valence-electron chi connectivity index (χ3n) is 5.65. The predicted molar refractivity (Wildman–Crippen MR) is 117 cm³/mol. The molecule has 0 aliphatic carbocycles. The van der Waals surface area contributed by atoms with Crippen molar-refractivity contribution in [3.05, 3.63) is 89.0 Å². The quantitative estimate of drug-likeness (QED) is 0.649. The van der Waals surface area contributed by atoms with Crippen LogP contribution in [0, 0.1) is 13.8 Å². The van der Waals surface area contributed by atoms with Crippen LogP contribution in [0.5, 0.6) is 0 Å². The standard InChI is InChI=1S/C23H26N4S/c1-4-26-22(21(25-23(26)28)20-12-8-9-13-24-20)19-14-16(2)27(17(19)3)15-18-10-6-5-7-11-18/h5-14,21-22H,4,15H2,1-3H3,(H,25,28)/t21-,22+/m1/s1. The summed E-state index contributed by atoms with van der Waals surface area (Å²) in [5.74, 6) is 0. The van der Waals surface area contributed by atoms with Gasteiger partial charge in [-0.25, -0.2) is 0 Å². The van der Waals surface area contributed by atoms with Crippen LogP contribution >= 0.6 is 12.2 Å². The van der Waals surface area contributed by atoms with Crippen molar-refractivity contribution in [2.24, 2.45) is 0 Å². The first-order valence-corrected chi connectivity index (χ1v) is 10.2. The van der Waals surface area contributed by atoms with E-state index in [1.807, 2.05) is 18.3 Å². The molecule has 0 saturated carbocycles. The van der Waals surface area contributed by atoms with Gasteiger partial charge < -0.3 is 14.8 Å². The van der Waals surface area contributed by atoms with E-state index in [9.17, 15) is 0 Å². The van der Waals surface area contributed by atoms with Crippen molar-refractivity contribution < 1.29 is 0 Å². The van der Waals surface area contributed by atoms with Gasteiger partial charge in [-0.15, -0.1) is 0 Å². The highest BCUT2D eigenvalue weighted by molar-refractivity contribution is 7.80. The summed E-state index contributed by atoms with van der Waals surface area (Å²) >= 11 is 5.66. The maximum atomic E-state index is 5.66. The van der Waals surface area contributed by atoms with Crippen LogP contribution in [0.3, 0.4) is 0 Å². The van der Waals surface area contributed by atoms with Crippen LogP contribution in [0.4, 0.5) is 0 Å². The zero-order chi connectivity index (χ0) is 19.7. The summed E-state index contributed by atoms with van der Waals surface area (Å²) in [6.45, 7) is 8.30. The van der Waals surface area contributed by atoms with E-state index in [0.717, 1.165) is 23.9 Å². The first-order chi connectivity index (χ1) is 13.6. The molecule has 1 aliphatic heterocycles. The fraction of sp³-hybridized carbons (Fsp3) is 0.304. The first kappa shape index (κ1) is 18.7. The third kappa shape index (κ3) is 3.31. The smallest absolute Gasteiger partial charge is 0.170 e. The van der Waals surface area contributed by atoms with E-state index in [2.05, 4.69) is 83.0 Å². The molecule has 2 aromatic heterocycles. The summed E-state index contributed by atoms with van der Waals surface area (Å²) in [6, 6.07) is 19.2. The summed E-state index contributed by atoms with van der Waals surface area (Å²) in [6.07, 6.45) is 1.85. The monoisotopic (exact) mass is 390 g/mol. The van der Waals surface area contributed by atoms with Crippen molar-refractivity contribution >= 4 is 17.3 Å². The van der Waals surface area contributed by atoms with Gasteiger partial charge in [-0.2, -0.15) is 0 Å². The minimum absolute atomic E-state index is 0.0549. The van der Waals surface area contributed by atoms with Gasteiger partial charge in [0.2, 0.25) is 0 Å². The average molecular weight is 391 g/mol. The predicted octanol–water partition coefficient (Wildman–Crippen LogP) is 4.54. The second kappa shape index (κ2) is 7.76. The Balaban J connectivity index is 1.75. The molecule has 1 fully saturated rings. The number of thiocarbonyl (C=S) groups is 1. The molecule has 1 N–H and O–H groups in total. The molecule has 5 heteroatoms. The van der Waals surface area contributed by atoms with Gasteiger partial charge in [0.15, 0.2) is 5.11 Å². The topological polar surface area (TPSA) is 33.1 Å². The van der Waals surface area contributed by atoms with Crippen molar-refractivity contribution in [1.29, 1.82) is 0 Å². The molecular formula is C23H26N4S. The van der Waals surface area contributed by atoms with Crippen LogP contribution in [0.15, 0.2) is 60.8 Å². The highest BCUT2D eigenvalue weighted by Gasteiger charge is 2.40. The van der Waals surface area contributed by atoms with Crippen molar-refractivity contribution in [3.63, 3.8) is 0 Å². The molecule has 0 radical (unpaired) electrons. The Bertz CT molecular complexity index is 965. The lowest BCUT2D eigenvalue weighted by atomic mass is 9.97. The summed E-state index contributed by atoms with van der Waals surface area (Å²) in [4.78, 5) is 6.89. The van der Waals surface area contributed by atoms with E-state index in [1.165, 1.54) is 22.5 Å². The fourth-order valence-electron chi connectivity index (χ4n) is 4.22. The molecule has 0 spiro atoms. The van der Waals surface area contributed by atoms with Crippen molar-refractivity contribution in [2.75, 3.05) is 6.54 Å². The molecular weight excluding hydrogens is 364 g/mol. The highest BCUT2D eigenvalue weighted by Crippen LogP contribution is 2.40. The number of aryl methyl sites for hydroxylation is 1. The lowest BCUT2D eigenvalue weighted by Gasteiger charge is -2.27. The van der Waals surface area contributed by atoms with E-state index in [1.54, 1.807) is 0 Å². The fourth-order valence-corrected chi connectivity index (χ4v) is 4.59. The van der Waals surface area contributed by atoms with Crippen LogP contribution in [-0.2, 0) is 6.54 Å². The van der Waals surface area contributed by atoms with Crippen LogP contribution in [0.1, 0.15) is 47.2 Å². The Morgan fingerprint density at radius 3 is 2.50 bits per heavy atom. The van der Waals surface area contributed by atoms with E-state index in [-0.39, 0.29) is 12.1 Å². The molecule has 1 saturated heterocycles. The maximum Gasteiger partial charge on any atom is 0.170 e. The Hall–Kier alpha value is -2.66. The normalized spacial score (nSPS) is 19.1. The van der Waals surface area contributed by atoms with Gasteiger partial charge in [-0.1, -0.05) is 36.4 Å². The Morgan fingerprint density at radius 1 is 1.07 bits per heavy atom. The summed E-state index contributed by atoms with van der Waals surface area (Å²) in [5.41, 5.74) is 6.21. The number of hydrogen-bond acceptors (Lipinski definition) is 2. The molecule has 144 valence electrons. The van der Waals surface area contributed by atoms with E-state index < -0.39 is 0 Å². The number of pyridine rings is 1. The Morgan fingerprint density at radius 2 is 1.82 bits per heavy atom. The van der Waals surface area contributed by atoms with E-state index in [0.29, 0.717) is 0 Å². The second-order valence-electron chi connectivity index (χ2n) is 7.31. The molecule has 1 aliphatic rings. The summed E-state index contributed by atoms with van der Waals surface area (Å²) in [5, 5.41) is 4.31. The molecule has 0 amide bonds. The molecule has 28 heavy (non-hydrogen) atoms. The van der Waals surface area contributed by atoms with Gasteiger partial charge in [0.05, 0.1) is 17.8 Å². The van der Waals surface area contributed by atoms with Crippen LogP contribution < -0.4 is 5.32 Å². The van der Waals surface area contributed by atoms with Gasteiger partial charge in [0.25, 0.3) is 0 Å². The van der Waals surface area contributed by atoms with Gasteiger partial charge in [-0.3, -0.25) is 4.98 Å². The van der Waals surface area contributed by atoms with Gasteiger partial charge in [0, 0.05) is 30.7 Å². The van der Waals surface area contributed by atoms with E-state index in [4.69, 9.17) is 12.2 Å². The van der Waals surface area contributed by atoms with Crippen LogP contribution in [0.2, 0.25) is 0 Å². The second-order valence-corrected chi connectivity index (χ2v) is 7.70.